The van der Waals surface area contributed by atoms with Gasteiger partial charge in [0.15, 0.2) is 11.5 Å². The number of aromatic nitrogens is 2. The molecule has 0 spiro atoms. The van der Waals surface area contributed by atoms with Crippen LogP contribution in [0.3, 0.4) is 0 Å². The van der Waals surface area contributed by atoms with Gasteiger partial charge in [0.05, 0.1) is 4.90 Å². The Morgan fingerprint density at radius 3 is 2.32 bits per heavy atom. The van der Waals surface area contributed by atoms with Gasteiger partial charge in [0, 0.05) is 51.2 Å². The van der Waals surface area contributed by atoms with Crippen LogP contribution in [-0.4, -0.2) is 78.9 Å². The van der Waals surface area contributed by atoms with E-state index in [1.807, 2.05) is 29.2 Å². The highest BCUT2D eigenvalue weighted by atomic mass is 32.2. The smallest absolute Gasteiger partial charge is 0.244 e. The standard InChI is InChI=1S/C26H27N5O5S/c32-25(29-10-12-30(13-11-29)26-27-8-3-9-28-26)22-16-19-4-1-2-5-20(19)18-31(22)37(33,34)21-6-7-23-24(17-21)36-15-14-35-23/h1-9,17,22H,10-16,18H2/t22-/m0/s1. The molecule has 0 aliphatic carbocycles. The normalized spacial score (nSPS) is 19.8. The van der Waals surface area contributed by atoms with Crippen LogP contribution in [0.25, 0.3) is 0 Å². The number of piperazine rings is 1. The number of carbonyl (C=O) groups is 1. The highest BCUT2D eigenvalue weighted by Crippen LogP contribution is 2.36. The van der Waals surface area contributed by atoms with Crippen LogP contribution in [0.4, 0.5) is 5.95 Å². The minimum atomic E-state index is -4.00. The van der Waals surface area contributed by atoms with E-state index in [1.54, 1.807) is 29.4 Å². The van der Waals surface area contributed by atoms with Crippen molar-refractivity contribution in [3.63, 3.8) is 0 Å². The van der Waals surface area contributed by atoms with Gasteiger partial charge in [0.2, 0.25) is 21.9 Å². The van der Waals surface area contributed by atoms with E-state index in [-0.39, 0.29) is 17.3 Å². The molecule has 0 saturated carbocycles. The molecule has 1 aromatic heterocycles. The second-order valence-electron chi connectivity index (χ2n) is 9.21. The summed E-state index contributed by atoms with van der Waals surface area (Å²) in [4.78, 5) is 26.3. The summed E-state index contributed by atoms with van der Waals surface area (Å²) < 4.78 is 40.4. The zero-order valence-electron chi connectivity index (χ0n) is 20.2. The Kier molecular flexibility index (Phi) is 6.17. The van der Waals surface area contributed by atoms with Crippen molar-refractivity contribution >= 4 is 21.9 Å². The Morgan fingerprint density at radius 1 is 0.865 bits per heavy atom. The van der Waals surface area contributed by atoms with E-state index in [0.29, 0.717) is 63.3 Å². The molecule has 10 nitrogen and oxygen atoms in total. The van der Waals surface area contributed by atoms with Crippen molar-refractivity contribution < 1.29 is 22.7 Å². The molecule has 3 aromatic rings. The monoisotopic (exact) mass is 521 g/mol. The molecule has 3 aliphatic heterocycles. The van der Waals surface area contributed by atoms with Gasteiger partial charge in [-0.15, -0.1) is 0 Å². The predicted octanol–water partition coefficient (Wildman–Crippen LogP) is 1.71. The van der Waals surface area contributed by atoms with E-state index in [4.69, 9.17) is 9.47 Å². The molecule has 0 radical (unpaired) electrons. The van der Waals surface area contributed by atoms with Gasteiger partial charge in [-0.3, -0.25) is 4.79 Å². The van der Waals surface area contributed by atoms with Gasteiger partial charge in [0.1, 0.15) is 19.3 Å². The molecule has 1 atom stereocenters. The van der Waals surface area contributed by atoms with Crippen molar-refractivity contribution in [2.75, 3.05) is 44.3 Å². The largest absolute Gasteiger partial charge is 0.486 e. The highest BCUT2D eigenvalue weighted by Gasteiger charge is 2.42. The van der Waals surface area contributed by atoms with Crippen LogP contribution in [-0.2, 0) is 27.8 Å². The van der Waals surface area contributed by atoms with Crippen molar-refractivity contribution in [2.45, 2.75) is 23.9 Å². The van der Waals surface area contributed by atoms with Gasteiger partial charge in [-0.25, -0.2) is 18.4 Å². The second kappa shape index (κ2) is 9.64. The van der Waals surface area contributed by atoms with Crippen molar-refractivity contribution in [3.05, 3.63) is 72.1 Å². The predicted molar refractivity (Wildman–Crippen MR) is 135 cm³/mol. The number of hydrogen-bond donors (Lipinski definition) is 0. The number of sulfonamides is 1. The zero-order valence-corrected chi connectivity index (χ0v) is 21.0. The minimum Gasteiger partial charge on any atom is -0.486 e. The molecule has 1 fully saturated rings. The summed E-state index contributed by atoms with van der Waals surface area (Å²) in [5.74, 6) is 1.35. The van der Waals surface area contributed by atoms with Crippen LogP contribution in [0.5, 0.6) is 11.5 Å². The number of carbonyl (C=O) groups excluding carboxylic acids is 1. The van der Waals surface area contributed by atoms with Gasteiger partial charge in [-0.1, -0.05) is 24.3 Å². The summed E-state index contributed by atoms with van der Waals surface area (Å²) in [6, 6.07) is 13.2. The van der Waals surface area contributed by atoms with E-state index < -0.39 is 16.1 Å². The third-order valence-corrected chi connectivity index (χ3v) is 8.89. The lowest BCUT2D eigenvalue weighted by atomic mass is 9.95. The number of fused-ring (bicyclic) bond motifs is 2. The maximum Gasteiger partial charge on any atom is 0.244 e. The summed E-state index contributed by atoms with van der Waals surface area (Å²) >= 11 is 0. The summed E-state index contributed by atoms with van der Waals surface area (Å²) in [5.41, 5.74) is 1.89. The molecule has 2 aromatic carbocycles. The lowest BCUT2D eigenvalue weighted by Gasteiger charge is -2.40. The summed E-state index contributed by atoms with van der Waals surface area (Å²) in [5, 5.41) is 0. The topological polar surface area (TPSA) is 105 Å². The van der Waals surface area contributed by atoms with E-state index in [9.17, 15) is 13.2 Å². The fourth-order valence-electron chi connectivity index (χ4n) is 5.07. The van der Waals surface area contributed by atoms with Gasteiger partial charge in [0.25, 0.3) is 0 Å². The van der Waals surface area contributed by atoms with E-state index in [1.165, 1.54) is 16.4 Å². The number of anilines is 1. The summed E-state index contributed by atoms with van der Waals surface area (Å²) in [6.45, 7) is 2.99. The van der Waals surface area contributed by atoms with Crippen LogP contribution in [0.2, 0.25) is 0 Å². The first-order valence-corrected chi connectivity index (χ1v) is 13.7. The molecule has 0 N–H and O–H groups in total. The number of amides is 1. The molecular weight excluding hydrogens is 494 g/mol. The SMILES string of the molecule is O=C([C@@H]1Cc2ccccc2CN1S(=O)(=O)c1ccc2c(c1)OCCO2)N1CCN(c2ncccn2)CC1. The lowest BCUT2D eigenvalue weighted by Crippen LogP contribution is -2.57. The van der Waals surface area contributed by atoms with Crippen LogP contribution in [0, 0.1) is 0 Å². The first kappa shape index (κ1) is 23.7. The van der Waals surface area contributed by atoms with Crippen molar-refractivity contribution in [2.24, 2.45) is 0 Å². The molecule has 4 heterocycles. The van der Waals surface area contributed by atoms with Crippen molar-refractivity contribution in [3.8, 4) is 11.5 Å². The number of ether oxygens (including phenoxy) is 2. The molecular formula is C26H27N5O5S. The molecule has 6 rings (SSSR count). The average Bonchev–Trinajstić information content (AvgIpc) is 2.96. The fourth-order valence-corrected chi connectivity index (χ4v) is 6.65. The maximum absolute atomic E-state index is 14.0. The first-order chi connectivity index (χ1) is 18.0. The van der Waals surface area contributed by atoms with Crippen LogP contribution in [0.1, 0.15) is 11.1 Å². The van der Waals surface area contributed by atoms with E-state index in [2.05, 4.69) is 9.97 Å². The van der Waals surface area contributed by atoms with Gasteiger partial charge >= 0.3 is 0 Å². The van der Waals surface area contributed by atoms with Crippen molar-refractivity contribution in [1.29, 1.82) is 0 Å². The van der Waals surface area contributed by atoms with Gasteiger partial charge in [-0.2, -0.15) is 4.31 Å². The van der Waals surface area contributed by atoms with Crippen LogP contribution in [0.15, 0.2) is 65.8 Å². The van der Waals surface area contributed by atoms with Gasteiger partial charge in [-0.05, 0) is 35.7 Å². The van der Waals surface area contributed by atoms with E-state index >= 15 is 0 Å². The Labute approximate surface area is 215 Å². The second-order valence-corrected chi connectivity index (χ2v) is 11.1. The third kappa shape index (κ3) is 4.49. The molecule has 3 aliphatic rings. The fraction of sp³-hybridized carbons (Fsp3) is 0.346. The minimum absolute atomic E-state index is 0.0833. The highest BCUT2D eigenvalue weighted by molar-refractivity contribution is 7.89. The number of rotatable bonds is 4. The number of nitrogens with zero attached hydrogens (tertiary/aromatic N) is 5. The maximum atomic E-state index is 14.0. The Bertz CT molecular complexity index is 1410. The number of benzene rings is 2. The average molecular weight is 522 g/mol. The molecule has 37 heavy (non-hydrogen) atoms. The quantitative estimate of drug-likeness (QED) is 0.511. The zero-order chi connectivity index (χ0) is 25.4. The third-order valence-electron chi connectivity index (χ3n) is 7.04. The number of hydrogen-bond acceptors (Lipinski definition) is 8. The van der Waals surface area contributed by atoms with Crippen LogP contribution < -0.4 is 14.4 Å². The Morgan fingerprint density at radius 2 is 1.57 bits per heavy atom. The van der Waals surface area contributed by atoms with Crippen LogP contribution >= 0.6 is 0 Å². The molecule has 0 bridgehead atoms. The Balaban J connectivity index is 1.28. The van der Waals surface area contributed by atoms with Crippen molar-refractivity contribution in [1.82, 2.24) is 19.2 Å². The van der Waals surface area contributed by atoms with E-state index in [0.717, 1.165) is 11.1 Å². The Hall–Kier alpha value is -3.70. The lowest BCUT2D eigenvalue weighted by molar-refractivity contribution is -0.136. The summed E-state index contributed by atoms with van der Waals surface area (Å²) in [6.07, 6.45) is 3.71. The molecule has 1 amide bonds. The molecule has 0 unspecified atom stereocenters. The summed E-state index contributed by atoms with van der Waals surface area (Å²) in [7, 11) is -4.00. The molecule has 1 saturated heterocycles. The molecule has 11 heteroatoms. The first-order valence-electron chi connectivity index (χ1n) is 12.3. The van der Waals surface area contributed by atoms with Gasteiger partial charge < -0.3 is 19.3 Å². The molecule has 192 valence electrons.